The lowest BCUT2D eigenvalue weighted by atomic mass is 10.2. The number of rotatable bonds is 2. The Kier molecular flexibility index (Phi) is 4.57. The molecule has 1 aromatic heterocycles. The van der Waals surface area contributed by atoms with Crippen molar-refractivity contribution in [1.29, 1.82) is 0 Å². The van der Waals surface area contributed by atoms with Crippen LogP contribution in [0.4, 0.5) is 26.3 Å². The van der Waals surface area contributed by atoms with Crippen LogP contribution in [0.15, 0.2) is 6.20 Å². The molecule has 2 nitrogen and oxygen atoms in total. The first-order valence-corrected chi connectivity index (χ1v) is 5.74. The summed E-state index contributed by atoms with van der Waals surface area (Å²) >= 11 is 6.63. The third kappa shape index (κ3) is 3.77. The second-order valence-electron chi connectivity index (χ2n) is 2.94. The Bertz CT molecular complexity index is 446. The largest absolute Gasteiger partial charge is 0.573 e. The van der Waals surface area contributed by atoms with Gasteiger partial charge in [0.2, 0.25) is 0 Å². The molecule has 0 aliphatic rings. The predicted octanol–water partition coefficient (Wildman–Crippen LogP) is 4.34. The SMILES string of the molecule is FC(F)(F)Oc1c(C(F)(F)F)cnc(CCl)c1I. The van der Waals surface area contributed by atoms with E-state index in [0.29, 0.717) is 0 Å². The number of hydrogen-bond donors (Lipinski definition) is 0. The highest BCUT2D eigenvalue weighted by atomic mass is 127. The van der Waals surface area contributed by atoms with Crippen LogP contribution in [0.3, 0.4) is 0 Å². The molecule has 102 valence electrons. The van der Waals surface area contributed by atoms with Crippen molar-refractivity contribution in [3.63, 3.8) is 0 Å². The van der Waals surface area contributed by atoms with Gasteiger partial charge in [0, 0.05) is 6.20 Å². The number of aromatic nitrogens is 1. The summed E-state index contributed by atoms with van der Waals surface area (Å²) < 4.78 is 76.8. The molecular weight excluding hydrogens is 402 g/mol. The van der Waals surface area contributed by atoms with Crippen molar-refractivity contribution < 1.29 is 31.1 Å². The summed E-state index contributed by atoms with van der Waals surface area (Å²) in [5.74, 6) is -1.66. The van der Waals surface area contributed by atoms with Crippen molar-refractivity contribution in [2.75, 3.05) is 0 Å². The van der Waals surface area contributed by atoms with Gasteiger partial charge in [0.05, 0.1) is 15.1 Å². The maximum Gasteiger partial charge on any atom is 0.573 e. The molecule has 0 fully saturated rings. The fourth-order valence-corrected chi connectivity index (χ4v) is 2.18. The van der Waals surface area contributed by atoms with E-state index in [0.717, 1.165) is 0 Å². The molecule has 0 aliphatic heterocycles. The lowest BCUT2D eigenvalue weighted by molar-refractivity contribution is -0.276. The van der Waals surface area contributed by atoms with Crippen LogP contribution < -0.4 is 4.74 Å². The fourth-order valence-electron chi connectivity index (χ4n) is 1.02. The van der Waals surface area contributed by atoms with Gasteiger partial charge in [-0.05, 0) is 22.6 Å². The molecule has 0 N–H and O–H groups in total. The highest BCUT2D eigenvalue weighted by Crippen LogP contribution is 2.41. The maximum absolute atomic E-state index is 12.5. The Balaban J connectivity index is 3.41. The molecular formula is C8H3ClF6INO. The first kappa shape index (κ1) is 15.6. The second kappa shape index (κ2) is 5.27. The van der Waals surface area contributed by atoms with Gasteiger partial charge in [-0.1, -0.05) is 0 Å². The van der Waals surface area contributed by atoms with Gasteiger partial charge < -0.3 is 4.74 Å². The monoisotopic (exact) mass is 405 g/mol. The molecule has 10 heteroatoms. The molecule has 0 saturated carbocycles. The van der Waals surface area contributed by atoms with E-state index >= 15 is 0 Å². The summed E-state index contributed by atoms with van der Waals surface area (Å²) in [6, 6.07) is 0. The first-order valence-electron chi connectivity index (χ1n) is 4.12. The summed E-state index contributed by atoms with van der Waals surface area (Å²) in [5, 5.41) is 0. The van der Waals surface area contributed by atoms with Gasteiger partial charge in [-0.15, -0.1) is 24.8 Å². The van der Waals surface area contributed by atoms with Crippen molar-refractivity contribution in [3.8, 4) is 5.75 Å². The molecule has 0 saturated heterocycles. The van der Waals surface area contributed by atoms with Crippen molar-refractivity contribution in [2.24, 2.45) is 0 Å². The van der Waals surface area contributed by atoms with Crippen LogP contribution >= 0.6 is 34.2 Å². The average Bonchev–Trinajstić information content (AvgIpc) is 2.17. The van der Waals surface area contributed by atoms with E-state index in [-0.39, 0.29) is 17.8 Å². The summed E-state index contributed by atoms with van der Waals surface area (Å²) in [4.78, 5) is 3.35. The normalized spacial score (nSPS) is 12.7. The molecule has 0 aliphatic carbocycles. The van der Waals surface area contributed by atoms with E-state index < -0.39 is 27.4 Å². The van der Waals surface area contributed by atoms with Crippen LogP contribution in [0, 0.1) is 3.57 Å². The van der Waals surface area contributed by atoms with Gasteiger partial charge in [0.25, 0.3) is 0 Å². The minimum Gasteiger partial charge on any atom is -0.404 e. The Morgan fingerprint density at radius 3 is 2.17 bits per heavy atom. The zero-order valence-corrected chi connectivity index (χ0v) is 11.1. The van der Waals surface area contributed by atoms with E-state index in [1.54, 1.807) is 0 Å². The Morgan fingerprint density at radius 1 is 1.22 bits per heavy atom. The molecule has 1 heterocycles. The zero-order valence-electron chi connectivity index (χ0n) is 8.16. The molecule has 1 aromatic rings. The van der Waals surface area contributed by atoms with Crippen LogP contribution in [0.25, 0.3) is 0 Å². The number of halogens is 8. The summed E-state index contributed by atoms with van der Waals surface area (Å²) in [7, 11) is 0. The molecule has 0 spiro atoms. The van der Waals surface area contributed by atoms with Crippen molar-refractivity contribution >= 4 is 34.2 Å². The highest BCUT2D eigenvalue weighted by molar-refractivity contribution is 14.1. The Hall–Kier alpha value is -0.450. The lowest BCUT2D eigenvalue weighted by Crippen LogP contribution is -2.22. The zero-order chi connectivity index (χ0) is 14.1. The number of nitrogens with zero attached hydrogens (tertiary/aromatic N) is 1. The topological polar surface area (TPSA) is 22.1 Å². The molecule has 0 bridgehead atoms. The molecule has 0 atom stereocenters. The minimum absolute atomic E-state index is 0.121. The number of pyridine rings is 1. The van der Waals surface area contributed by atoms with Crippen LogP contribution in [0.5, 0.6) is 5.75 Å². The van der Waals surface area contributed by atoms with Crippen LogP contribution in [-0.2, 0) is 12.1 Å². The van der Waals surface area contributed by atoms with Gasteiger partial charge in [-0.3, -0.25) is 4.98 Å². The summed E-state index contributed by atoms with van der Waals surface area (Å²) in [6.07, 6.45) is -9.97. The Morgan fingerprint density at radius 2 is 1.78 bits per heavy atom. The van der Waals surface area contributed by atoms with E-state index in [1.165, 1.54) is 22.6 Å². The molecule has 0 amide bonds. The van der Waals surface area contributed by atoms with Crippen molar-refractivity contribution in [1.82, 2.24) is 4.98 Å². The van der Waals surface area contributed by atoms with E-state index in [1.807, 2.05) is 0 Å². The maximum atomic E-state index is 12.5. The predicted molar refractivity (Wildman–Crippen MR) is 58.2 cm³/mol. The number of alkyl halides is 7. The van der Waals surface area contributed by atoms with Gasteiger partial charge in [-0.2, -0.15) is 13.2 Å². The summed E-state index contributed by atoms with van der Waals surface area (Å²) in [5.41, 5.74) is -1.72. The molecule has 1 rings (SSSR count). The molecule has 0 aromatic carbocycles. The van der Waals surface area contributed by atoms with Crippen LogP contribution in [0.1, 0.15) is 11.3 Å². The van der Waals surface area contributed by atoms with E-state index in [9.17, 15) is 26.3 Å². The fraction of sp³-hybridized carbons (Fsp3) is 0.375. The van der Waals surface area contributed by atoms with Gasteiger partial charge >= 0.3 is 12.5 Å². The number of hydrogen-bond acceptors (Lipinski definition) is 2. The van der Waals surface area contributed by atoms with Gasteiger partial charge in [0.1, 0.15) is 5.56 Å². The molecule has 0 radical (unpaired) electrons. The number of ether oxygens (including phenoxy) is 1. The quantitative estimate of drug-likeness (QED) is 0.415. The lowest BCUT2D eigenvalue weighted by Gasteiger charge is -2.17. The first-order chi connectivity index (χ1) is 8.06. The molecule has 18 heavy (non-hydrogen) atoms. The Labute approximate surface area is 115 Å². The van der Waals surface area contributed by atoms with Gasteiger partial charge in [0.15, 0.2) is 5.75 Å². The van der Waals surface area contributed by atoms with Crippen LogP contribution in [0.2, 0.25) is 0 Å². The molecule has 0 unspecified atom stereocenters. The average molecular weight is 405 g/mol. The van der Waals surface area contributed by atoms with Crippen LogP contribution in [-0.4, -0.2) is 11.3 Å². The smallest absolute Gasteiger partial charge is 0.404 e. The van der Waals surface area contributed by atoms with Gasteiger partial charge in [-0.25, -0.2) is 0 Å². The second-order valence-corrected chi connectivity index (χ2v) is 4.29. The summed E-state index contributed by atoms with van der Waals surface area (Å²) in [6.45, 7) is 0. The third-order valence-corrected chi connectivity index (χ3v) is 3.06. The third-order valence-electron chi connectivity index (χ3n) is 1.70. The highest BCUT2D eigenvalue weighted by Gasteiger charge is 2.41. The van der Waals surface area contributed by atoms with Crippen molar-refractivity contribution in [2.45, 2.75) is 18.4 Å². The minimum atomic E-state index is -5.23. The van der Waals surface area contributed by atoms with E-state index in [2.05, 4.69) is 9.72 Å². The van der Waals surface area contributed by atoms with Crippen molar-refractivity contribution in [3.05, 3.63) is 21.0 Å². The van der Waals surface area contributed by atoms with E-state index in [4.69, 9.17) is 11.6 Å². The standard InChI is InChI=1S/C8H3ClF6INO/c9-1-4-5(16)6(18-8(13,14)15)3(2-17-4)7(10,11)12/h2H,1H2.